The molecule has 1 aliphatic heterocycles. The summed E-state index contributed by atoms with van der Waals surface area (Å²) in [5, 5.41) is 4.99. The molecule has 4 heteroatoms. The molecule has 1 fully saturated rings. The molecular formula is C15H22Cl2N2. The second-order valence-electron chi connectivity index (χ2n) is 5.53. The van der Waals surface area contributed by atoms with Crippen LogP contribution in [-0.4, -0.2) is 25.7 Å². The molecule has 0 amide bonds. The van der Waals surface area contributed by atoms with Crippen LogP contribution in [0, 0.1) is 12.8 Å². The minimum atomic E-state index is 0.447. The largest absolute Gasteiger partial charge is 0.367 e. The van der Waals surface area contributed by atoms with Crippen molar-refractivity contribution in [2.24, 2.45) is 5.92 Å². The first-order chi connectivity index (χ1) is 8.95. The second-order valence-corrected chi connectivity index (χ2v) is 6.34. The quantitative estimate of drug-likeness (QED) is 0.884. The van der Waals surface area contributed by atoms with Gasteiger partial charge in [0.25, 0.3) is 0 Å². The number of aryl methyl sites for hydroxylation is 1. The van der Waals surface area contributed by atoms with Crippen molar-refractivity contribution >= 4 is 28.9 Å². The van der Waals surface area contributed by atoms with Gasteiger partial charge in [-0.25, -0.2) is 0 Å². The molecule has 1 aliphatic rings. The summed E-state index contributed by atoms with van der Waals surface area (Å²) < 4.78 is 0. The predicted octanol–water partition coefficient (Wildman–Crippen LogP) is 4.12. The Balaban J connectivity index is 2.30. The fourth-order valence-corrected chi connectivity index (χ4v) is 3.45. The number of nitrogens with one attached hydrogen (secondary N) is 1. The first kappa shape index (κ1) is 15.0. The second kappa shape index (κ2) is 5.90. The highest BCUT2D eigenvalue weighted by Gasteiger charge is 2.32. The Labute approximate surface area is 126 Å². The Hall–Kier alpha value is -0.440. The van der Waals surface area contributed by atoms with Crippen molar-refractivity contribution in [1.29, 1.82) is 0 Å². The van der Waals surface area contributed by atoms with Crippen molar-refractivity contribution in [3.63, 3.8) is 0 Å². The number of nitrogens with zero attached hydrogens (tertiary/aromatic N) is 1. The standard InChI is InChI=1S/C15H22Cl2N2/c1-9-7-13(17)15(8-12(9)16)19-6-5-14(18-4)10(2)11(19)3/h7-8,10-11,14,18H,5-6H2,1-4H3. The lowest BCUT2D eigenvalue weighted by atomic mass is 9.86. The first-order valence-electron chi connectivity index (χ1n) is 6.85. The molecular weight excluding hydrogens is 279 g/mol. The maximum Gasteiger partial charge on any atom is 0.0643 e. The van der Waals surface area contributed by atoms with Crippen LogP contribution in [0.3, 0.4) is 0 Å². The zero-order valence-electron chi connectivity index (χ0n) is 12.0. The molecule has 0 bridgehead atoms. The van der Waals surface area contributed by atoms with E-state index in [1.807, 2.05) is 26.1 Å². The Morgan fingerprint density at radius 2 is 1.89 bits per heavy atom. The zero-order chi connectivity index (χ0) is 14.2. The number of piperidine rings is 1. The van der Waals surface area contributed by atoms with E-state index in [0.29, 0.717) is 18.0 Å². The van der Waals surface area contributed by atoms with Gasteiger partial charge in [0, 0.05) is 23.7 Å². The molecule has 2 nitrogen and oxygen atoms in total. The summed E-state index contributed by atoms with van der Waals surface area (Å²) in [5.41, 5.74) is 2.09. The zero-order valence-corrected chi connectivity index (χ0v) is 13.5. The van der Waals surface area contributed by atoms with Gasteiger partial charge in [0.05, 0.1) is 10.7 Å². The van der Waals surface area contributed by atoms with E-state index in [4.69, 9.17) is 23.2 Å². The molecule has 0 aliphatic carbocycles. The van der Waals surface area contributed by atoms with Gasteiger partial charge < -0.3 is 10.2 Å². The van der Waals surface area contributed by atoms with Gasteiger partial charge in [-0.1, -0.05) is 30.1 Å². The van der Waals surface area contributed by atoms with Gasteiger partial charge in [0.15, 0.2) is 0 Å². The molecule has 1 saturated heterocycles. The molecule has 1 aromatic carbocycles. The summed E-state index contributed by atoms with van der Waals surface area (Å²) in [6, 6.07) is 4.98. The van der Waals surface area contributed by atoms with Crippen LogP contribution in [-0.2, 0) is 0 Å². The number of hydrogen-bond donors (Lipinski definition) is 1. The summed E-state index contributed by atoms with van der Waals surface area (Å²) in [5.74, 6) is 0.579. The van der Waals surface area contributed by atoms with Crippen LogP contribution >= 0.6 is 23.2 Å². The molecule has 3 atom stereocenters. The molecule has 19 heavy (non-hydrogen) atoms. The lowest BCUT2D eigenvalue weighted by Crippen LogP contribution is -2.52. The first-order valence-corrected chi connectivity index (χ1v) is 7.60. The fourth-order valence-electron chi connectivity index (χ4n) is 2.97. The Kier molecular flexibility index (Phi) is 4.65. The smallest absolute Gasteiger partial charge is 0.0643 e. The number of hydrogen-bond acceptors (Lipinski definition) is 2. The number of anilines is 1. The van der Waals surface area contributed by atoms with Crippen molar-refractivity contribution < 1.29 is 0 Å². The van der Waals surface area contributed by atoms with Crippen molar-refractivity contribution in [2.75, 3.05) is 18.5 Å². The SMILES string of the molecule is CNC1CCN(c2cc(Cl)c(C)cc2Cl)C(C)C1C. The molecule has 1 aromatic rings. The highest BCUT2D eigenvalue weighted by atomic mass is 35.5. The van der Waals surface area contributed by atoms with Gasteiger partial charge in [-0.3, -0.25) is 0 Å². The number of halogens is 2. The lowest BCUT2D eigenvalue weighted by Gasteiger charge is -2.44. The Bertz CT molecular complexity index is 462. The molecule has 0 saturated carbocycles. The van der Waals surface area contributed by atoms with E-state index in [-0.39, 0.29) is 0 Å². The van der Waals surface area contributed by atoms with E-state index in [0.717, 1.165) is 34.3 Å². The van der Waals surface area contributed by atoms with Gasteiger partial charge in [0.1, 0.15) is 0 Å². The van der Waals surface area contributed by atoms with Gasteiger partial charge >= 0.3 is 0 Å². The summed E-state index contributed by atoms with van der Waals surface area (Å²) in [4.78, 5) is 2.38. The maximum atomic E-state index is 6.40. The lowest BCUT2D eigenvalue weighted by molar-refractivity contribution is 0.283. The average molecular weight is 301 g/mol. The highest BCUT2D eigenvalue weighted by molar-refractivity contribution is 6.35. The summed E-state index contributed by atoms with van der Waals surface area (Å²) in [6.45, 7) is 7.55. The Morgan fingerprint density at radius 1 is 1.21 bits per heavy atom. The van der Waals surface area contributed by atoms with Gasteiger partial charge in [0.2, 0.25) is 0 Å². The van der Waals surface area contributed by atoms with Crippen LogP contribution in [0.15, 0.2) is 12.1 Å². The van der Waals surface area contributed by atoms with Crippen LogP contribution in [0.1, 0.15) is 25.8 Å². The monoisotopic (exact) mass is 300 g/mol. The van der Waals surface area contributed by atoms with Gasteiger partial charge in [-0.05, 0) is 50.9 Å². The Morgan fingerprint density at radius 3 is 2.53 bits per heavy atom. The van der Waals surface area contributed by atoms with Crippen LogP contribution in [0.25, 0.3) is 0 Å². The molecule has 0 spiro atoms. The third-order valence-corrected chi connectivity index (χ3v) is 5.19. The molecule has 2 rings (SSSR count). The summed E-state index contributed by atoms with van der Waals surface area (Å²) in [7, 11) is 2.04. The fraction of sp³-hybridized carbons (Fsp3) is 0.600. The molecule has 3 unspecified atom stereocenters. The van der Waals surface area contributed by atoms with Crippen molar-refractivity contribution in [1.82, 2.24) is 5.32 Å². The van der Waals surface area contributed by atoms with Crippen LogP contribution in [0.5, 0.6) is 0 Å². The van der Waals surface area contributed by atoms with Gasteiger partial charge in [-0.15, -0.1) is 0 Å². The van der Waals surface area contributed by atoms with E-state index in [1.165, 1.54) is 0 Å². The maximum absolute atomic E-state index is 6.40. The van der Waals surface area contributed by atoms with Crippen LogP contribution in [0.2, 0.25) is 10.0 Å². The van der Waals surface area contributed by atoms with Crippen LogP contribution in [0.4, 0.5) is 5.69 Å². The number of rotatable bonds is 2. The number of benzene rings is 1. The van der Waals surface area contributed by atoms with E-state index < -0.39 is 0 Å². The van der Waals surface area contributed by atoms with E-state index >= 15 is 0 Å². The predicted molar refractivity (Wildman–Crippen MR) is 84.6 cm³/mol. The van der Waals surface area contributed by atoms with E-state index in [9.17, 15) is 0 Å². The third kappa shape index (κ3) is 2.86. The summed E-state index contributed by atoms with van der Waals surface area (Å²) >= 11 is 12.6. The normalized spacial score (nSPS) is 27.7. The van der Waals surface area contributed by atoms with Crippen LogP contribution < -0.4 is 10.2 Å². The average Bonchev–Trinajstić information content (AvgIpc) is 2.37. The van der Waals surface area contributed by atoms with Gasteiger partial charge in [-0.2, -0.15) is 0 Å². The summed E-state index contributed by atoms with van der Waals surface area (Å²) in [6.07, 6.45) is 1.13. The topological polar surface area (TPSA) is 15.3 Å². The highest BCUT2D eigenvalue weighted by Crippen LogP contribution is 2.36. The minimum absolute atomic E-state index is 0.447. The van der Waals surface area contributed by atoms with Crippen molar-refractivity contribution in [3.05, 3.63) is 27.7 Å². The van der Waals surface area contributed by atoms with Crippen molar-refractivity contribution in [2.45, 2.75) is 39.3 Å². The third-order valence-electron chi connectivity index (χ3n) is 4.48. The molecule has 0 radical (unpaired) electrons. The van der Waals surface area contributed by atoms with E-state index in [2.05, 4.69) is 24.1 Å². The molecule has 1 N–H and O–H groups in total. The van der Waals surface area contributed by atoms with Crippen molar-refractivity contribution in [3.8, 4) is 0 Å². The molecule has 0 aromatic heterocycles. The van der Waals surface area contributed by atoms with E-state index in [1.54, 1.807) is 0 Å². The molecule has 1 heterocycles. The minimum Gasteiger partial charge on any atom is -0.367 e. The molecule has 106 valence electrons.